The van der Waals surface area contributed by atoms with Crippen molar-refractivity contribution in [3.8, 4) is 5.69 Å². The standard InChI is InChI=1S/C20H19BrN4O3/c1-11-5-7-17(19(9-11)25(27)28)22-10-15-14(4)23-24(20(15)26)18-8-6-16(21)12(2)13(18)3/h5-10,23H,1-4H3. The van der Waals surface area contributed by atoms with Crippen LogP contribution >= 0.6 is 15.9 Å². The lowest BCUT2D eigenvalue weighted by molar-refractivity contribution is -0.384. The molecule has 0 saturated carbocycles. The molecule has 0 amide bonds. The minimum atomic E-state index is -0.476. The molecular weight excluding hydrogens is 424 g/mol. The van der Waals surface area contributed by atoms with Crippen molar-refractivity contribution in [1.29, 1.82) is 0 Å². The molecule has 0 saturated heterocycles. The maximum absolute atomic E-state index is 12.9. The van der Waals surface area contributed by atoms with Crippen LogP contribution in [0, 0.1) is 37.8 Å². The summed E-state index contributed by atoms with van der Waals surface area (Å²) in [6, 6.07) is 8.53. The minimum absolute atomic E-state index is 0.0934. The number of hydrogen-bond acceptors (Lipinski definition) is 4. The third-order valence-electron chi connectivity index (χ3n) is 4.71. The van der Waals surface area contributed by atoms with Crippen LogP contribution in [0.1, 0.15) is 27.9 Å². The first-order valence-electron chi connectivity index (χ1n) is 8.57. The Hall–Kier alpha value is -3.00. The summed E-state index contributed by atoms with van der Waals surface area (Å²) in [7, 11) is 0. The van der Waals surface area contributed by atoms with Crippen LogP contribution in [0.25, 0.3) is 5.69 Å². The van der Waals surface area contributed by atoms with Gasteiger partial charge in [-0.3, -0.25) is 20.0 Å². The number of aromatic amines is 1. The summed E-state index contributed by atoms with van der Waals surface area (Å²) in [4.78, 5) is 27.9. The molecule has 0 bridgehead atoms. The van der Waals surface area contributed by atoms with E-state index in [1.54, 1.807) is 26.0 Å². The topological polar surface area (TPSA) is 93.3 Å². The summed E-state index contributed by atoms with van der Waals surface area (Å²) in [6.45, 7) is 7.46. The first-order chi connectivity index (χ1) is 13.2. The van der Waals surface area contributed by atoms with Gasteiger partial charge in [-0.25, -0.2) is 9.67 Å². The molecule has 1 aromatic heterocycles. The number of nitrogens with one attached hydrogen (secondary N) is 1. The van der Waals surface area contributed by atoms with E-state index in [2.05, 4.69) is 26.0 Å². The lowest BCUT2D eigenvalue weighted by Gasteiger charge is -2.10. The quantitative estimate of drug-likeness (QED) is 0.356. The monoisotopic (exact) mass is 442 g/mol. The summed E-state index contributed by atoms with van der Waals surface area (Å²) < 4.78 is 2.44. The molecule has 0 radical (unpaired) electrons. The van der Waals surface area contributed by atoms with Gasteiger partial charge in [0, 0.05) is 22.4 Å². The highest BCUT2D eigenvalue weighted by atomic mass is 79.9. The van der Waals surface area contributed by atoms with Crippen LogP contribution in [0.3, 0.4) is 0 Å². The van der Waals surface area contributed by atoms with Gasteiger partial charge in [0.25, 0.3) is 11.2 Å². The lowest BCUT2D eigenvalue weighted by Crippen LogP contribution is -2.18. The largest absolute Gasteiger partial charge is 0.295 e. The van der Waals surface area contributed by atoms with Crippen LogP contribution < -0.4 is 5.56 Å². The van der Waals surface area contributed by atoms with Gasteiger partial charge >= 0.3 is 0 Å². The Morgan fingerprint density at radius 3 is 2.54 bits per heavy atom. The number of nitro benzene ring substituents is 1. The number of rotatable bonds is 4. The molecule has 0 aliphatic carbocycles. The summed E-state index contributed by atoms with van der Waals surface area (Å²) in [5.41, 5.74) is 4.36. The van der Waals surface area contributed by atoms with Gasteiger partial charge in [-0.2, -0.15) is 0 Å². The van der Waals surface area contributed by atoms with Gasteiger partial charge in [0.05, 0.1) is 16.2 Å². The van der Waals surface area contributed by atoms with Crippen LogP contribution in [0.4, 0.5) is 11.4 Å². The number of halogens is 1. The van der Waals surface area contributed by atoms with E-state index in [1.165, 1.54) is 17.0 Å². The number of hydrogen-bond donors (Lipinski definition) is 1. The van der Waals surface area contributed by atoms with Crippen molar-refractivity contribution in [2.45, 2.75) is 27.7 Å². The second kappa shape index (κ2) is 7.55. The fraction of sp³-hybridized carbons (Fsp3) is 0.200. The number of aromatic nitrogens is 2. The highest BCUT2D eigenvalue weighted by Gasteiger charge is 2.16. The van der Waals surface area contributed by atoms with Crippen LogP contribution in [-0.4, -0.2) is 20.9 Å². The van der Waals surface area contributed by atoms with Gasteiger partial charge in [0.15, 0.2) is 0 Å². The number of H-pyrrole nitrogens is 1. The zero-order valence-corrected chi connectivity index (χ0v) is 17.5. The van der Waals surface area contributed by atoms with Crippen LogP contribution in [0.5, 0.6) is 0 Å². The summed E-state index contributed by atoms with van der Waals surface area (Å²) in [5.74, 6) is 0. The average Bonchev–Trinajstić information content (AvgIpc) is 2.92. The zero-order valence-electron chi connectivity index (χ0n) is 15.9. The summed E-state index contributed by atoms with van der Waals surface area (Å²) in [5, 5.41) is 14.3. The van der Waals surface area contributed by atoms with Gasteiger partial charge in [0.1, 0.15) is 5.69 Å². The van der Waals surface area contributed by atoms with Gasteiger partial charge in [-0.05, 0) is 62.6 Å². The van der Waals surface area contributed by atoms with Crippen molar-refractivity contribution >= 4 is 33.5 Å². The second-order valence-corrected chi connectivity index (χ2v) is 7.47. The molecule has 144 valence electrons. The van der Waals surface area contributed by atoms with E-state index < -0.39 is 4.92 Å². The fourth-order valence-corrected chi connectivity index (χ4v) is 3.35. The highest BCUT2D eigenvalue weighted by Crippen LogP contribution is 2.28. The lowest BCUT2D eigenvalue weighted by atomic mass is 10.1. The van der Waals surface area contributed by atoms with Gasteiger partial charge < -0.3 is 0 Å². The average molecular weight is 443 g/mol. The molecule has 2 aromatic carbocycles. The normalized spacial score (nSPS) is 11.3. The molecule has 7 nitrogen and oxygen atoms in total. The molecule has 0 spiro atoms. The molecule has 3 aromatic rings. The Balaban J connectivity index is 2.08. The maximum Gasteiger partial charge on any atom is 0.295 e. The maximum atomic E-state index is 12.9. The first-order valence-corrected chi connectivity index (χ1v) is 9.36. The predicted octanol–water partition coefficient (Wildman–Crippen LogP) is 4.82. The predicted molar refractivity (Wildman–Crippen MR) is 113 cm³/mol. The van der Waals surface area contributed by atoms with E-state index in [1.807, 2.05) is 26.0 Å². The summed E-state index contributed by atoms with van der Waals surface area (Å²) in [6.07, 6.45) is 1.38. The molecule has 0 unspecified atom stereocenters. The molecule has 0 aliphatic heterocycles. The number of nitrogens with zero attached hydrogens (tertiary/aromatic N) is 3. The van der Waals surface area contributed by atoms with Crippen molar-refractivity contribution in [2.75, 3.05) is 0 Å². The van der Waals surface area contributed by atoms with Crippen molar-refractivity contribution in [3.05, 3.63) is 83.2 Å². The number of nitro groups is 1. The van der Waals surface area contributed by atoms with Crippen molar-refractivity contribution in [3.63, 3.8) is 0 Å². The minimum Gasteiger partial charge on any atom is -0.295 e. The van der Waals surface area contributed by atoms with Crippen molar-refractivity contribution in [1.82, 2.24) is 9.78 Å². The Labute approximate surface area is 170 Å². The Kier molecular flexibility index (Phi) is 5.33. The van der Waals surface area contributed by atoms with E-state index in [9.17, 15) is 14.9 Å². The van der Waals surface area contributed by atoms with E-state index in [0.717, 1.165) is 26.9 Å². The van der Waals surface area contributed by atoms with Gasteiger partial charge in [-0.15, -0.1) is 0 Å². The van der Waals surface area contributed by atoms with Crippen LogP contribution in [0.15, 0.2) is 44.6 Å². The van der Waals surface area contributed by atoms with E-state index in [-0.39, 0.29) is 16.9 Å². The van der Waals surface area contributed by atoms with E-state index >= 15 is 0 Å². The molecule has 8 heteroatoms. The van der Waals surface area contributed by atoms with Crippen LogP contribution in [0.2, 0.25) is 0 Å². The van der Waals surface area contributed by atoms with Gasteiger partial charge in [-0.1, -0.05) is 22.0 Å². The third kappa shape index (κ3) is 3.55. The Bertz CT molecular complexity index is 1170. The smallest absolute Gasteiger partial charge is 0.295 e. The molecule has 1 N–H and O–H groups in total. The third-order valence-corrected chi connectivity index (χ3v) is 5.57. The molecule has 1 heterocycles. The molecule has 3 rings (SSSR count). The fourth-order valence-electron chi connectivity index (χ4n) is 2.92. The SMILES string of the molecule is Cc1ccc(N=Cc2c(C)[nH]n(-c3ccc(Br)c(C)c3C)c2=O)c([N+](=O)[O-])c1. The molecule has 0 atom stereocenters. The Morgan fingerprint density at radius 2 is 1.86 bits per heavy atom. The van der Waals surface area contributed by atoms with E-state index in [4.69, 9.17) is 0 Å². The van der Waals surface area contributed by atoms with Crippen molar-refractivity contribution < 1.29 is 4.92 Å². The molecule has 0 fully saturated rings. The molecular formula is C20H19BrN4O3. The molecule has 28 heavy (non-hydrogen) atoms. The number of aliphatic imine (C=N–C) groups is 1. The highest BCUT2D eigenvalue weighted by molar-refractivity contribution is 9.10. The summed E-state index contributed by atoms with van der Waals surface area (Å²) >= 11 is 3.49. The number of benzene rings is 2. The molecule has 0 aliphatic rings. The second-order valence-electron chi connectivity index (χ2n) is 6.62. The Morgan fingerprint density at radius 1 is 1.14 bits per heavy atom. The van der Waals surface area contributed by atoms with Crippen molar-refractivity contribution in [2.24, 2.45) is 4.99 Å². The number of aryl methyl sites for hydroxylation is 2. The van der Waals surface area contributed by atoms with E-state index in [0.29, 0.717) is 11.3 Å². The zero-order chi connectivity index (χ0) is 20.6. The van der Waals surface area contributed by atoms with Gasteiger partial charge in [0.2, 0.25) is 0 Å². The first kappa shape index (κ1) is 19.8. The van der Waals surface area contributed by atoms with Crippen LogP contribution in [-0.2, 0) is 0 Å².